The minimum Gasteiger partial charge on any atom is -0.378 e. The summed E-state index contributed by atoms with van der Waals surface area (Å²) < 4.78 is 5.76. The van der Waals surface area contributed by atoms with Gasteiger partial charge in [0.15, 0.2) is 0 Å². The Morgan fingerprint density at radius 1 is 1.44 bits per heavy atom. The third-order valence-electron chi connectivity index (χ3n) is 3.28. The van der Waals surface area contributed by atoms with Crippen LogP contribution in [0.4, 0.5) is 0 Å². The lowest BCUT2D eigenvalue weighted by Gasteiger charge is -2.23. The molecule has 4 heteroatoms. The molecule has 1 amide bonds. The van der Waals surface area contributed by atoms with Gasteiger partial charge in [-0.2, -0.15) is 0 Å². The number of hydrazine groups is 1. The quantitative estimate of drug-likeness (QED) is 0.413. The lowest BCUT2D eigenvalue weighted by molar-refractivity contribution is -0.121. The summed E-state index contributed by atoms with van der Waals surface area (Å²) in [5.74, 6) is 5.63. The molecule has 0 aromatic rings. The molecule has 0 radical (unpaired) electrons. The second-order valence-corrected chi connectivity index (χ2v) is 4.75. The Labute approximate surface area is 97.9 Å². The first kappa shape index (κ1) is 13.5. The molecule has 0 aliphatic heterocycles. The average Bonchev–Trinajstić information content (AvgIpc) is 2.34. The lowest BCUT2D eigenvalue weighted by Crippen LogP contribution is -2.30. The monoisotopic (exact) mass is 228 g/mol. The van der Waals surface area contributed by atoms with Crippen LogP contribution in [0, 0.1) is 5.92 Å². The Bertz CT molecular complexity index is 203. The zero-order valence-corrected chi connectivity index (χ0v) is 10.2. The van der Waals surface area contributed by atoms with Crippen molar-refractivity contribution < 1.29 is 9.53 Å². The Morgan fingerprint density at radius 2 is 2.12 bits per heavy atom. The van der Waals surface area contributed by atoms with E-state index in [1.54, 1.807) is 0 Å². The number of hydrogen-bond donors (Lipinski definition) is 2. The number of carbonyl (C=O) groups excluding carboxylic acids is 1. The second kappa shape index (κ2) is 7.63. The number of nitrogens with one attached hydrogen (secondary N) is 1. The van der Waals surface area contributed by atoms with Crippen molar-refractivity contribution >= 4 is 5.91 Å². The van der Waals surface area contributed by atoms with Crippen LogP contribution in [0.25, 0.3) is 0 Å². The van der Waals surface area contributed by atoms with E-state index in [9.17, 15) is 4.79 Å². The summed E-state index contributed by atoms with van der Waals surface area (Å²) in [6.45, 7) is 2.87. The second-order valence-electron chi connectivity index (χ2n) is 4.75. The Kier molecular flexibility index (Phi) is 6.42. The standard InChI is InChI=1S/C12H24N2O2/c1-10(7-8-12(15)14-13)16-9-11-5-3-2-4-6-11/h10-11H,2-9,13H2,1H3,(H,14,15). The molecule has 1 aliphatic carbocycles. The number of hydrogen-bond acceptors (Lipinski definition) is 3. The van der Waals surface area contributed by atoms with Gasteiger partial charge in [0.2, 0.25) is 5.91 Å². The molecular formula is C12H24N2O2. The normalized spacial score (nSPS) is 19.4. The Hall–Kier alpha value is -0.610. The molecule has 0 saturated heterocycles. The van der Waals surface area contributed by atoms with Gasteiger partial charge in [-0.1, -0.05) is 19.3 Å². The third-order valence-corrected chi connectivity index (χ3v) is 3.28. The molecule has 16 heavy (non-hydrogen) atoms. The molecule has 0 aromatic carbocycles. The highest BCUT2D eigenvalue weighted by atomic mass is 16.5. The molecule has 0 heterocycles. The van der Waals surface area contributed by atoms with E-state index in [4.69, 9.17) is 10.6 Å². The van der Waals surface area contributed by atoms with Gasteiger partial charge in [-0.05, 0) is 32.1 Å². The minimum absolute atomic E-state index is 0.117. The Balaban J connectivity index is 2.04. The Morgan fingerprint density at radius 3 is 2.75 bits per heavy atom. The summed E-state index contributed by atoms with van der Waals surface area (Å²) in [5.41, 5.74) is 2.13. The number of rotatable bonds is 6. The van der Waals surface area contributed by atoms with Gasteiger partial charge in [-0.25, -0.2) is 5.84 Å². The van der Waals surface area contributed by atoms with Gasteiger partial charge in [0.1, 0.15) is 0 Å². The molecule has 1 fully saturated rings. The SMILES string of the molecule is CC(CCC(=O)NN)OCC1CCCCC1. The topological polar surface area (TPSA) is 64.4 Å². The van der Waals surface area contributed by atoms with Gasteiger partial charge in [0, 0.05) is 13.0 Å². The van der Waals surface area contributed by atoms with Crippen LogP contribution in [-0.2, 0) is 9.53 Å². The lowest BCUT2D eigenvalue weighted by atomic mass is 9.90. The third kappa shape index (κ3) is 5.47. The molecule has 4 nitrogen and oxygen atoms in total. The van der Waals surface area contributed by atoms with Crippen molar-refractivity contribution in [3.63, 3.8) is 0 Å². The average molecular weight is 228 g/mol. The van der Waals surface area contributed by atoms with Crippen molar-refractivity contribution in [2.24, 2.45) is 11.8 Å². The summed E-state index contributed by atoms with van der Waals surface area (Å²) in [4.78, 5) is 10.9. The van der Waals surface area contributed by atoms with Crippen molar-refractivity contribution in [1.29, 1.82) is 0 Å². The van der Waals surface area contributed by atoms with E-state index in [2.05, 4.69) is 5.43 Å². The maximum absolute atomic E-state index is 10.9. The molecule has 1 atom stereocenters. The largest absolute Gasteiger partial charge is 0.378 e. The summed E-state index contributed by atoms with van der Waals surface area (Å²) >= 11 is 0. The van der Waals surface area contributed by atoms with E-state index < -0.39 is 0 Å². The van der Waals surface area contributed by atoms with E-state index in [0.717, 1.165) is 18.9 Å². The molecule has 1 rings (SSSR count). The highest BCUT2D eigenvalue weighted by molar-refractivity contribution is 5.75. The molecular weight excluding hydrogens is 204 g/mol. The molecule has 0 bridgehead atoms. The molecule has 0 spiro atoms. The van der Waals surface area contributed by atoms with E-state index >= 15 is 0 Å². The fourth-order valence-corrected chi connectivity index (χ4v) is 2.14. The predicted molar refractivity (Wildman–Crippen MR) is 63.6 cm³/mol. The number of amides is 1. The van der Waals surface area contributed by atoms with E-state index in [0.29, 0.717) is 6.42 Å². The molecule has 1 unspecified atom stereocenters. The van der Waals surface area contributed by atoms with Crippen molar-refractivity contribution in [2.75, 3.05) is 6.61 Å². The fourth-order valence-electron chi connectivity index (χ4n) is 2.14. The van der Waals surface area contributed by atoms with Gasteiger partial charge in [-0.15, -0.1) is 0 Å². The van der Waals surface area contributed by atoms with Crippen LogP contribution < -0.4 is 11.3 Å². The van der Waals surface area contributed by atoms with Crippen LogP contribution in [0.5, 0.6) is 0 Å². The summed E-state index contributed by atoms with van der Waals surface area (Å²) in [7, 11) is 0. The van der Waals surface area contributed by atoms with E-state index in [-0.39, 0.29) is 12.0 Å². The van der Waals surface area contributed by atoms with Crippen LogP contribution in [0.3, 0.4) is 0 Å². The first-order chi connectivity index (χ1) is 7.72. The van der Waals surface area contributed by atoms with Crippen molar-refractivity contribution in [3.8, 4) is 0 Å². The first-order valence-electron chi connectivity index (χ1n) is 6.33. The summed E-state index contributed by atoms with van der Waals surface area (Å²) in [6.07, 6.45) is 8.02. The predicted octanol–water partition coefficient (Wildman–Crippen LogP) is 1.74. The van der Waals surface area contributed by atoms with Crippen LogP contribution in [-0.4, -0.2) is 18.6 Å². The smallest absolute Gasteiger partial charge is 0.233 e. The molecule has 1 saturated carbocycles. The van der Waals surface area contributed by atoms with Gasteiger partial charge < -0.3 is 4.74 Å². The summed E-state index contributed by atoms with van der Waals surface area (Å²) in [6, 6.07) is 0. The zero-order valence-electron chi connectivity index (χ0n) is 10.2. The number of ether oxygens (including phenoxy) is 1. The number of nitrogens with two attached hydrogens (primary N) is 1. The maximum Gasteiger partial charge on any atom is 0.233 e. The molecule has 1 aliphatic rings. The maximum atomic E-state index is 10.9. The van der Waals surface area contributed by atoms with Crippen molar-refractivity contribution in [3.05, 3.63) is 0 Å². The van der Waals surface area contributed by atoms with Crippen LogP contribution in [0.2, 0.25) is 0 Å². The van der Waals surface area contributed by atoms with Crippen LogP contribution in [0.1, 0.15) is 51.9 Å². The molecule has 94 valence electrons. The van der Waals surface area contributed by atoms with Gasteiger partial charge in [-0.3, -0.25) is 10.2 Å². The van der Waals surface area contributed by atoms with E-state index in [1.807, 2.05) is 6.92 Å². The molecule has 3 N–H and O–H groups in total. The fraction of sp³-hybridized carbons (Fsp3) is 0.917. The van der Waals surface area contributed by atoms with Gasteiger partial charge in [0.05, 0.1) is 6.10 Å². The van der Waals surface area contributed by atoms with Crippen LogP contribution in [0.15, 0.2) is 0 Å². The van der Waals surface area contributed by atoms with Crippen LogP contribution >= 0.6 is 0 Å². The van der Waals surface area contributed by atoms with Gasteiger partial charge >= 0.3 is 0 Å². The number of carbonyl (C=O) groups is 1. The van der Waals surface area contributed by atoms with Crippen molar-refractivity contribution in [2.45, 2.75) is 58.0 Å². The van der Waals surface area contributed by atoms with Crippen molar-refractivity contribution in [1.82, 2.24) is 5.43 Å². The zero-order chi connectivity index (χ0) is 11.8. The highest BCUT2D eigenvalue weighted by Gasteiger charge is 2.15. The first-order valence-corrected chi connectivity index (χ1v) is 6.33. The summed E-state index contributed by atoms with van der Waals surface area (Å²) in [5, 5.41) is 0. The minimum atomic E-state index is -0.117. The van der Waals surface area contributed by atoms with Gasteiger partial charge in [0.25, 0.3) is 0 Å². The van der Waals surface area contributed by atoms with E-state index in [1.165, 1.54) is 32.1 Å². The molecule has 0 aromatic heterocycles. The highest BCUT2D eigenvalue weighted by Crippen LogP contribution is 2.24.